The average Bonchev–Trinajstić information content (AvgIpc) is 3.05. The number of halogens is 6. The minimum absolute atomic E-state index is 0. The first-order valence-corrected chi connectivity index (χ1v) is 5.87. The second-order valence-electron chi connectivity index (χ2n) is 3.92. The molecule has 1 aromatic rings. The fraction of sp³-hybridized carbons (Fsp3) is 0.429. The van der Waals surface area contributed by atoms with Crippen molar-refractivity contribution in [1.82, 2.24) is 0 Å². The molecule has 0 aliphatic heterocycles. The number of hydrogen-bond acceptors (Lipinski definition) is 0. The molecule has 0 unspecified atom stereocenters. The van der Waals surface area contributed by atoms with Crippen molar-refractivity contribution in [2.75, 3.05) is 0 Å². The summed E-state index contributed by atoms with van der Waals surface area (Å²) < 4.78 is 87.2. The van der Waals surface area contributed by atoms with Crippen molar-refractivity contribution in [1.29, 1.82) is 0 Å². The molecule has 9 heteroatoms. The van der Waals surface area contributed by atoms with Crippen LogP contribution in [0.1, 0.15) is 37.7 Å². The third kappa shape index (κ3) is 11.0. The summed E-state index contributed by atoms with van der Waals surface area (Å²) in [5.74, 6) is -5.72. The average molecular weight is 381 g/mol. The maximum atomic E-state index is 12.4. The third-order valence-corrected chi connectivity index (χ3v) is 2.48. The van der Waals surface area contributed by atoms with Gasteiger partial charge in [0.25, 0.3) is 0 Å². The van der Waals surface area contributed by atoms with Crippen LogP contribution in [-0.2, 0) is 32.5 Å². The van der Waals surface area contributed by atoms with Gasteiger partial charge in [0.15, 0.2) is 0 Å². The monoisotopic (exact) mass is 381 g/mol. The van der Waals surface area contributed by atoms with Crippen molar-refractivity contribution in [2.45, 2.75) is 38.3 Å². The van der Waals surface area contributed by atoms with Crippen LogP contribution in [-0.4, -0.2) is 0 Å². The molecule has 0 radical (unpaired) electrons. The van der Waals surface area contributed by atoms with E-state index in [9.17, 15) is 26.3 Å². The Balaban J connectivity index is -0.000000335. The number of alkyl halides is 3. The molecule has 1 saturated carbocycles. The predicted molar refractivity (Wildman–Crippen MR) is 61.1 cm³/mol. The van der Waals surface area contributed by atoms with Crippen LogP contribution in [0, 0.1) is 36.8 Å². The summed E-state index contributed by atoms with van der Waals surface area (Å²) in [4.78, 5) is 0. The molecule has 0 N–H and O–H groups in total. The summed E-state index contributed by atoms with van der Waals surface area (Å²) >= 11 is 0. The zero-order valence-electron chi connectivity index (χ0n) is 11.6. The van der Waals surface area contributed by atoms with Crippen LogP contribution >= 0.6 is 0 Å². The van der Waals surface area contributed by atoms with Crippen LogP contribution in [0.15, 0.2) is 6.07 Å². The Bertz CT molecular complexity index is 468. The summed E-state index contributed by atoms with van der Waals surface area (Å²) in [5.41, 5.74) is -1.97. The van der Waals surface area contributed by atoms with Crippen molar-refractivity contribution in [3.63, 3.8) is 0 Å². The number of hydrogen-bond donors (Lipinski definition) is 0. The fourth-order valence-corrected chi connectivity index (χ4v) is 1.59. The maximum absolute atomic E-state index is 12.4. The van der Waals surface area contributed by atoms with Gasteiger partial charge in [-0.05, 0) is 5.56 Å². The zero-order chi connectivity index (χ0) is 17.8. The van der Waals surface area contributed by atoms with E-state index in [4.69, 9.17) is 9.30 Å². The molecule has 23 heavy (non-hydrogen) atoms. The van der Waals surface area contributed by atoms with Crippen molar-refractivity contribution in [3.05, 3.63) is 48.4 Å². The summed E-state index contributed by atoms with van der Waals surface area (Å²) in [5, 5.41) is 0. The van der Waals surface area contributed by atoms with E-state index in [1.54, 1.807) is 0 Å². The van der Waals surface area contributed by atoms with Crippen molar-refractivity contribution < 1.29 is 52.7 Å². The van der Waals surface area contributed by atoms with Gasteiger partial charge in [-0.3, -0.25) is 4.39 Å². The predicted octanol–water partition coefficient (Wildman–Crippen LogP) is 4.80. The first kappa shape index (κ1) is 26.7. The van der Waals surface area contributed by atoms with E-state index in [0.29, 0.717) is 0 Å². The van der Waals surface area contributed by atoms with E-state index in [1.807, 2.05) is 0 Å². The van der Waals surface area contributed by atoms with Gasteiger partial charge >= 0.3 is 28.8 Å². The number of benzene rings is 1. The molecule has 0 aromatic heterocycles. The molecule has 0 atom stereocenters. The molecular weight excluding hydrogens is 370 g/mol. The van der Waals surface area contributed by atoms with Gasteiger partial charge in [0.2, 0.25) is 0 Å². The summed E-state index contributed by atoms with van der Waals surface area (Å²) in [7, 11) is 0. The normalized spacial score (nSPS) is 12.1. The van der Waals surface area contributed by atoms with Gasteiger partial charge in [0.1, 0.15) is 0 Å². The largest absolute Gasteiger partial charge is 0 e. The Hall–Kier alpha value is -1.20. The topological polar surface area (TPSA) is 39.8 Å². The summed E-state index contributed by atoms with van der Waals surface area (Å²) in [6.07, 6.45) is 2.39. The van der Waals surface area contributed by atoms with Crippen molar-refractivity contribution >= 4 is 0 Å². The van der Waals surface area contributed by atoms with E-state index in [1.165, 1.54) is 32.1 Å². The van der Waals surface area contributed by atoms with E-state index in [2.05, 4.69) is 13.3 Å². The second kappa shape index (κ2) is 14.4. The second-order valence-corrected chi connectivity index (χ2v) is 3.92. The van der Waals surface area contributed by atoms with Gasteiger partial charge in [0.05, 0.1) is 5.82 Å². The standard InChI is InChI=1S/C7HF6.C5H10.2CO.Fe/c8-3-1-4(7(11,12)13)6(10)5(9)2-3;1-2-4-5-3-1;2*1-2;/h1H;1-5H2;;;/q-1;;;;. The van der Waals surface area contributed by atoms with E-state index < -0.39 is 29.2 Å². The molecule has 0 amide bonds. The van der Waals surface area contributed by atoms with Crippen LogP contribution in [0.5, 0.6) is 0 Å². The van der Waals surface area contributed by atoms with E-state index >= 15 is 0 Å². The van der Waals surface area contributed by atoms with Gasteiger partial charge in [-0.25, -0.2) is 8.78 Å². The van der Waals surface area contributed by atoms with Crippen LogP contribution in [0.25, 0.3) is 0 Å². The first-order chi connectivity index (χ1) is 10.3. The molecule has 130 valence electrons. The first-order valence-electron chi connectivity index (χ1n) is 5.87. The molecule has 0 saturated heterocycles. The third-order valence-electron chi connectivity index (χ3n) is 2.48. The van der Waals surface area contributed by atoms with Gasteiger partial charge in [0, 0.05) is 28.7 Å². The minimum atomic E-state index is -5.11. The van der Waals surface area contributed by atoms with E-state index in [-0.39, 0.29) is 23.1 Å². The Morgan fingerprint density at radius 1 is 0.870 bits per heavy atom. The molecule has 0 bridgehead atoms. The molecule has 1 aliphatic carbocycles. The molecule has 0 spiro atoms. The van der Waals surface area contributed by atoms with Gasteiger partial charge < -0.3 is 0 Å². The van der Waals surface area contributed by atoms with Crippen LogP contribution in [0.4, 0.5) is 26.3 Å². The van der Waals surface area contributed by atoms with Gasteiger partial charge in [-0.15, -0.1) is 12.1 Å². The Morgan fingerprint density at radius 3 is 1.52 bits per heavy atom. The molecule has 2 rings (SSSR count). The smallest absolute Gasteiger partial charge is 0 e. The quantitative estimate of drug-likeness (QED) is 0.204. The van der Waals surface area contributed by atoms with Crippen LogP contribution in [0.3, 0.4) is 0 Å². The maximum Gasteiger partial charge on any atom is 0 e. The minimum Gasteiger partial charge on any atom is 0 e. The van der Waals surface area contributed by atoms with Crippen LogP contribution < -0.4 is 0 Å². The van der Waals surface area contributed by atoms with Crippen molar-refractivity contribution in [2.24, 2.45) is 0 Å². The molecule has 2 nitrogen and oxygen atoms in total. The number of rotatable bonds is 0. The van der Waals surface area contributed by atoms with Crippen molar-refractivity contribution in [3.8, 4) is 0 Å². The van der Waals surface area contributed by atoms with E-state index in [0.717, 1.165) is 6.07 Å². The Morgan fingerprint density at radius 2 is 1.22 bits per heavy atom. The molecule has 0 heterocycles. The van der Waals surface area contributed by atoms with Crippen LogP contribution in [0.2, 0.25) is 0 Å². The molecule has 1 fully saturated rings. The molecule has 1 aliphatic rings. The Kier molecular flexibility index (Phi) is 16.7. The SMILES string of the molecule is C1CCCC1.Fc1[c-]c(F)c(F)c(C(F)(F)F)c1.[C-]#[O+].[C-]#[O+].[Fe]. The molecule has 1 aromatic carbocycles. The van der Waals surface area contributed by atoms with Gasteiger partial charge in [-0.2, -0.15) is 13.2 Å². The zero-order valence-corrected chi connectivity index (χ0v) is 12.7. The Labute approximate surface area is 140 Å². The fourth-order valence-electron chi connectivity index (χ4n) is 1.59. The van der Waals surface area contributed by atoms with Gasteiger partial charge in [-0.1, -0.05) is 32.1 Å². The summed E-state index contributed by atoms with van der Waals surface area (Å²) in [6, 6.07) is 0.988. The molecular formula is C14H11F6FeO2-. The summed E-state index contributed by atoms with van der Waals surface area (Å²) in [6.45, 7) is 9.00.